The van der Waals surface area contributed by atoms with Crippen molar-refractivity contribution < 1.29 is 9.59 Å². The first-order chi connectivity index (χ1) is 16.6. The van der Waals surface area contributed by atoms with Crippen LogP contribution in [0.4, 0.5) is 5.69 Å². The molecule has 2 saturated heterocycles. The summed E-state index contributed by atoms with van der Waals surface area (Å²) in [5, 5.41) is 3.79. The third-order valence-electron chi connectivity index (χ3n) is 7.58. The number of Topliss-reactive ketones (excluding diaryl/α,β-unsaturated/α-hetero) is 1. The molecule has 0 unspecified atom stereocenters. The molecule has 3 aliphatic rings. The summed E-state index contributed by atoms with van der Waals surface area (Å²) in [4.78, 5) is 34.8. The number of carbonyl (C=O) groups excluding carboxylic acids is 2. The monoisotopic (exact) mass is 489 g/mol. The highest BCUT2D eigenvalue weighted by molar-refractivity contribution is 7.99. The fourth-order valence-corrected chi connectivity index (χ4v) is 7.54. The molecule has 0 radical (unpaired) electrons. The smallest absolute Gasteiger partial charge is 0.250 e. The summed E-state index contributed by atoms with van der Waals surface area (Å²) >= 11 is 8.04. The molecule has 34 heavy (non-hydrogen) atoms. The van der Waals surface area contributed by atoms with Gasteiger partial charge in [0.25, 0.3) is 0 Å². The summed E-state index contributed by atoms with van der Waals surface area (Å²) in [5.41, 5.74) is 3.38. The van der Waals surface area contributed by atoms with Crippen LogP contribution in [-0.4, -0.2) is 39.2 Å². The Morgan fingerprint density at radius 3 is 2.79 bits per heavy atom. The van der Waals surface area contributed by atoms with Crippen LogP contribution in [0.5, 0.6) is 0 Å². The lowest BCUT2D eigenvalue weighted by atomic mass is 9.69. The molecule has 7 heteroatoms. The molecule has 2 aromatic carbocycles. The topological polar surface area (TPSA) is 62.3 Å². The number of nitrogens with zero attached hydrogens (tertiary/aromatic N) is 2. The van der Waals surface area contributed by atoms with Crippen LogP contribution in [0.15, 0.2) is 67.0 Å². The predicted molar refractivity (Wildman–Crippen MR) is 135 cm³/mol. The van der Waals surface area contributed by atoms with Gasteiger partial charge >= 0.3 is 0 Å². The minimum absolute atomic E-state index is 0.0441. The Morgan fingerprint density at radius 2 is 2.06 bits per heavy atom. The number of ketones is 1. The van der Waals surface area contributed by atoms with Crippen molar-refractivity contribution in [1.82, 2.24) is 9.88 Å². The van der Waals surface area contributed by atoms with Crippen molar-refractivity contribution in [3.63, 3.8) is 0 Å². The van der Waals surface area contributed by atoms with Crippen LogP contribution in [0.1, 0.15) is 39.9 Å². The number of aryl methyl sites for hydroxylation is 1. The molecule has 1 amide bonds. The molecule has 0 bridgehead atoms. The lowest BCUT2D eigenvalue weighted by Crippen LogP contribution is -2.52. The van der Waals surface area contributed by atoms with Gasteiger partial charge in [0.05, 0.1) is 5.92 Å². The molecule has 2 fully saturated rings. The number of benzene rings is 2. The van der Waals surface area contributed by atoms with Gasteiger partial charge in [0.1, 0.15) is 5.54 Å². The van der Waals surface area contributed by atoms with Crippen LogP contribution in [0.3, 0.4) is 0 Å². The van der Waals surface area contributed by atoms with E-state index < -0.39 is 11.5 Å². The van der Waals surface area contributed by atoms with Gasteiger partial charge in [0, 0.05) is 57.8 Å². The van der Waals surface area contributed by atoms with Crippen LogP contribution in [0.25, 0.3) is 0 Å². The molecule has 6 rings (SSSR count). The number of rotatable bonds is 4. The maximum Gasteiger partial charge on any atom is 0.250 e. The van der Waals surface area contributed by atoms with E-state index in [9.17, 15) is 9.59 Å². The number of aromatic nitrogens is 1. The van der Waals surface area contributed by atoms with E-state index in [0.29, 0.717) is 16.5 Å². The summed E-state index contributed by atoms with van der Waals surface area (Å²) in [6, 6.07) is 17.6. The highest BCUT2D eigenvalue weighted by Gasteiger charge is 2.69. The summed E-state index contributed by atoms with van der Waals surface area (Å²) in [5.74, 6) is 0.676. The molecule has 0 saturated carbocycles. The van der Waals surface area contributed by atoms with E-state index in [2.05, 4.69) is 34.3 Å². The van der Waals surface area contributed by atoms with E-state index in [4.69, 9.17) is 11.6 Å². The molecule has 3 aromatic rings. The number of fused-ring (bicyclic) bond motifs is 4. The molecule has 5 nitrogen and oxygen atoms in total. The molecule has 1 aromatic heterocycles. The summed E-state index contributed by atoms with van der Waals surface area (Å²) in [6.07, 6.45) is 4.14. The predicted octanol–water partition coefficient (Wildman–Crippen LogP) is 5.12. The van der Waals surface area contributed by atoms with Gasteiger partial charge < -0.3 is 5.32 Å². The van der Waals surface area contributed by atoms with Crippen LogP contribution in [0, 0.1) is 5.92 Å². The average Bonchev–Trinajstić information content (AvgIpc) is 3.53. The van der Waals surface area contributed by atoms with Gasteiger partial charge in [-0.3, -0.25) is 19.5 Å². The Hall–Kier alpha value is -2.67. The number of hydrogen-bond acceptors (Lipinski definition) is 5. The second kappa shape index (κ2) is 8.22. The highest BCUT2D eigenvalue weighted by atomic mass is 35.5. The fourth-order valence-electron chi connectivity index (χ4n) is 6.09. The normalized spacial score (nSPS) is 27.6. The van der Waals surface area contributed by atoms with E-state index in [0.717, 1.165) is 34.6 Å². The van der Waals surface area contributed by atoms with E-state index in [1.54, 1.807) is 24.5 Å². The Kier molecular flexibility index (Phi) is 5.28. The third kappa shape index (κ3) is 3.02. The Labute approximate surface area is 207 Å². The van der Waals surface area contributed by atoms with Crippen LogP contribution < -0.4 is 5.32 Å². The molecule has 4 atom stereocenters. The molecule has 4 heterocycles. The maximum atomic E-state index is 14.3. The summed E-state index contributed by atoms with van der Waals surface area (Å²) in [7, 11) is 0. The van der Waals surface area contributed by atoms with Gasteiger partial charge in [-0.25, -0.2) is 0 Å². The number of halogens is 1. The molecule has 0 aliphatic carbocycles. The van der Waals surface area contributed by atoms with Crippen LogP contribution in [-0.2, 0) is 16.8 Å². The highest BCUT2D eigenvalue weighted by Crippen LogP contribution is 2.61. The molecular weight excluding hydrogens is 466 g/mol. The zero-order chi connectivity index (χ0) is 23.4. The molecule has 1 N–H and O–H groups in total. The number of hydrogen-bond donors (Lipinski definition) is 1. The quantitative estimate of drug-likeness (QED) is 0.515. The minimum Gasteiger partial charge on any atom is -0.324 e. The van der Waals surface area contributed by atoms with Crippen molar-refractivity contribution in [2.24, 2.45) is 5.92 Å². The SMILES string of the molecule is CCc1ccc2c(c1)[C@]1(C(=O)N2)[C@@H](C(=O)c2cccnc2)[C@@H](c2ccc(Cl)cc2)[C@H]2CSCN21. The lowest BCUT2D eigenvalue weighted by Gasteiger charge is -2.36. The van der Waals surface area contributed by atoms with Gasteiger partial charge in [-0.1, -0.05) is 42.8 Å². The number of anilines is 1. The molecule has 1 spiro atoms. The molecule has 3 aliphatic heterocycles. The number of nitrogens with one attached hydrogen (secondary N) is 1. The van der Waals surface area contributed by atoms with E-state index >= 15 is 0 Å². The number of carbonyl (C=O) groups is 2. The zero-order valence-corrected chi connectivity index (χ0v) is 20.3. The van der Waals surface area contributed by atoms with Crippen molar-refractivity contribution in [2.45, 2.75) is 30.8 Å². The number of amides is 1. The van der Waals surface area contributed by atoms with Crippen LogP contribution in [0.2, 0.25) is 5.02 Å². The van der Waals surface area contributed by atoms with Crippen molar-refractivity contribution in [3.05, 3.63) is 94.3 Å². The Balaban J connectivity index is 1.62. The van der Waals surface area contributed by atoms with Gasteiger partial charge in [0.15, 0.2) is 5.78 Å². The first-order valence-corrected chi connectivity index (χ1v) is 13.1. The van der Waals surface area contributed by atoms with E-state index in [1.165, 1.54) is 0 Å². The lowest BCUT2D eigenvalue weighted by molar-refractivity contribution is -0.127. The van der Waals surface area contributed by atoms with E-state index in [-0.39, 0.29) is 23.7 Å². The Bertz CT molecular complexity index is 1280. The second-order valence-corrected chi connectivity index (χ2v) is 10.6. The van der Waals surface area contributed by atoms with Crippen molar-refractivity contribution in [1.29, 1.82) is 0 Å². The van der Waals surface area contributed by atoms with Crippen molar-refractivity contribution in [3.8, 4) is 0 Å². The van der Waals surface area contributed by atoms with Gasteiger partial charge in [-0.15, -0.1) is 11.8 Å². The third-order valence-corrected chi connectivity index (χ3v) is 8.87. The van der Waals surface area contributed by atoms with Crippen molar-refractivity contribution >= 4 is 40.7 Å². The van der Waals surface area contributed by atoms with Gasteiger partial charge in [0.2, 0.25) is 5.91 Å². The zero-order valence-electron chi connectivity index (χ0n) is 18.7. The number of thioether (sulfide) groups is 1. The average molecular weight is 490 g/mol. The second-order valence-electron chi connectivity index (χ2n) is 9.15. The van der Waals surface area contributed by atoms with Gasteiger partial charge in [-0.05, 0) is 47.9 Å². The maximum absolute atomic E-state index is 14.3. The summed E-state index contributed by atoms with van der Waals surface area (Å²) < 4.78 is 0. The number of pyridine rings is 1. The fraction of sp³-hybridized carbons (Fsp3) is 0.296. The first kappa shape index (κ1) is 21.8. The molecular formula is C27H24ClN3O2S. The first-order valence-electron chi connectivity index (χ1n) is 11.5. The largest absolute Gasteiger partial charge is 0.324 e. The molecule has 172 valence electrons. The van der Waals surface area contributed by atoms with Crippen molar-refractivity contribution in [2.75, 3.05) is 16.9 Å². The Morgan fingerprint density at radius 1 is 1.24 bits per heavy atom. The minimum atomic E-state index is -1.06. The van der Waals surface area contributed by atoms with Gasteiger partial charge in [-0.2, -0.15) is 0 Å². The van der Waals surface area contributed by atoms with E-state index in [1.807, 2.05) is 42.1 Å². The van der Waals surface area contributed by atoms with Crippen LogP contribution >= 0.6 is 23.4 Å². The summed E-state index contributed by atoms with van der Waals surface area (Å²) in [6.45, 7) is 2.11. The standard InChI is InChI=1S/C27H24ClN3O2S/c1-2-16-5-10-21-20(12-16)27(26(33)30-21)24(25(32)18-4-3-11-29-13-18)23(22-14-34-15-31(22)27)17-6-8-19(28)9-7-17/h3-13,22-24H,2,14-15H2,1H3,(H,30,33)/t22-,23+,24-,27-/m1/s1.